The molecule has 4 heteroatoms. The predicted molar refractivity (Wildman–Crippen MR) is 279 cm³/mol. The molecule has 0 amide bonds. The third-order valence-corrected chi connectivity index (χ3v) is 19.4. The zero-order valence-electron chi connectivity index (χ0n) is 38.8. The molecule has 0 fully saturated rings. The van der Waals surface area contributed by atoms with Crippen LogP contribution >= 0.6 is 55.7 Å². The zero-order chi connectivity index (χ0) is 44.5. The molecule has 0 saturated heterocycles. The van der Waals surface area contributed by atoms with Gasteiger partial charge in [0.25, 0.3) is 0 Å². The molecule has 62 heavy (non-hydrogen) atoms. The highest BCUT2D eigenvalue weighted by atomic mass is 79.9. The highest BCUT2D eigenvalue weighted by Gasteiger charge is 2.59. The molecule has 1 unspecified atom stereocenters. The van der Waals surface area contributed by atoms with E-state index in [1.807, 2.05) is 0 Å². The van der Waals surface area contributed by atoms with Gasteiger partial charge in [-0.15, -0.1) is 0 Å². The summed E-state index contributed by atoms with van der Waals surface area (Å²) < 4.78 is 3.85. The van der Waals surface area contributed by atoms with Gasteiger partial charge in [-0.2, -0.15) is 0 Å². The summed E-state index contributed by atoms with van der Waals surface area (Å²) in [4.78, 5) is 0. The molecule has 6 aromatic carbocycles. The summed E-state index contributed by atoms with van der Waals surface area (Å²) >= 11 is 12.0. The third-order valence-electron chi connectivity index (χ3n) is 15.0. The molecule has 320 valence electrons. The van der Waals surface area contributed by atoms with E-state index in [2.05, 4.69) is 240 Å². The van der Waals surface area contributed by atoms with E-state index < -0.39 is 7.92 Å². The van der Waals surface area contributed by atoms with Gasteiger partial charge in [0.05, 0.1) is 0 Å². The number of rotatable bonds is 3. The van der Waals surface area contributed by atoms with Crippen molar-refractivity contribution in [3.05, 3.63) is 189 Å². The third kappa shape index (κ3) is 6.95. The van der Waals surface area contributed by atoms with Crippen molar-refractivity contribution in [1.29, 1.82) is 0 Å². The van der Waals surface area contributed by atoms with Crippen LogP contribution in [0.2, 0.25) is 0 Å². The lowest BCUT2D eigenvalue weighted by atomic mass is 9.72. The van der Waals surface area contributed by atoms with E-state index in [1.165, 1.54) is 92.5 Å². The summed E-state index contributed by atoms with van der Waals surface area (Å²) in [5.74, 6) is 0. The first-order chi connectivity index (χ1) is 29.0. The lowest BCUT2D eigenvalue weighted by Gasteiger charge is -2.34. The van der Waals surface area contributed by atoms with Crippen LogP contribution in [0.1, 0.15) is 148 Å². The minimum Gasteiger partial charge on any atom is -0.0622 e. The molecule has 0 aromatic heterocycles. The summed E-state index contributed by atoms with van der Waals surface area (Å²) in [5, 5.41) is 4.40. The van der Waals surface area contributed by atoms with Gasteiger partial charge < -0.3 is 0 Å². The zero-order valence-corrected chi connectivity index (χ0v) is 44.5. The van der Waals surface area contributed by atoms with Crippen molar-refractivity contribution in [3.8, 4) is 0 Å². The molecule has 0 bridgehead atoms. The highest BCUT2D eigenvalue weighted by Crippen LogP contribution is 2.67. The predicted octanol–water partition coefficient (Wildman–Crippen LogP) is 15.9. The number of hydrogen-bond acceptors (Lipinski definition) is 0. The molecule has 6 aromatic rings. The fourth-order valence-electron chi connectivity index (χ4n) is 13.3. The lowest BCUT2D eigenvalue weighted by molar-refractivity contribution is 0.348. The van der Waals surface area contributed by atoms with Crippen LogP contribution in [0.15, 0.2) is 123 Å². The van der Waals surface area contributed by atoms with E-state index in [9.17, 15) is 0 Å². The second-order valence-electron chi connectivity index (χ2n) is 22.1. The minimum absolute atomic E-state index is 0.00260. The van der Waals surface area contributed by atoms with Crippen molar-refractivity contribution >= 4 is 71.6 Å². The van der Waals surface area contributed by atoms with Gasteiger partial charge in [-0.25, -0.2) is 0 Å². The van der Waals surface area contributed by atoms with Crippen LogP contribution in [0.5, 0.6) is 0 Å². The van der Waals surface area contributed by atoms with E-state index >= 15 is 0 Å². The number of benzene rings is 6. The molecule has 2 spiro atoms. The average Bonchev–Trinajstić information content (AvgIpc) is 3.72. The van der Waals surface area contributed by atoms with Crippen LogP contribution < -0.4 is 15.9 Å². The van der Waals surface area contributed by atoms with E-state index in [4.69, 9.17) is 0 Å². The smallest absolute Gasteiger partial charge is 0.0247 e. The Morgan fingerprint density at radius 2 is 0.645 bits per heavy atom. The fourth-order valence-corrected chi connectivity index (χ4v) is 18.9. The first kappa shape index (κ1) is 44.4. The fraction of sp³-hybridized carbons (Fsp3) is 0.379. The SMILES string of the molecule is Cc1cc(Br)c2c(c1)C(C)(C)CC21CC(C)(C)c2cc(C)cc(Br)c21.Cc1cc(Br)c2c(c1)C(C)(C)CC21CC(C)(C)c2cc(C)cc(P(c3ccccc3)c3ccccc3)c21. The van der Waals surface area contributed by atoms with E-state index in [1.54, 1.807) is 16.4 Å². The monoisotopic (exact) mass is 1030 g/mol. The maximum atomic E-state index is 4.10. The van der Waals surface area contributed by atoms with Gasteiger partial charge in [0.1, 0.15) is 0 Å². The molecule has 0 saturated carbocycles. The number of fused-ring (bicyclic) bond motifs is 8. The van der Waals surface area contributed by atoms with Gasteiger partial charge in [0.15, 0.2) is 0 Å². The van der Waals surface area contributed by atoms with Gasteiger partial charge in [0, 0.05) is 24.2 Å². The number of halogens is 3. The summed E-state index contributed by atoms with van der Waals surface area (Å²) in [6.07, 6.45) is 4.65. The minimum atomic E-state index is -0.700. The first-order valence-electron chi connectivity index (χ1n) is 22.5. The van der Waals surface area contributed by atoms with Crippen molar-refractivity contribution in [3.63, 3.8) is 0 Å². The summed E-state index contributed by atoms with van der Waals surface area (Å²) in [5.41, 5.74) is 18.4. The van der Waals surface area contributed by atoms with Crippen molar-refractivity contribution in [2.45, 2.75) is 141 Å². The summed E-state index contributed by atoms with van der Waals surface area (Å²) in [6.45, 7) is 28.5. The van der Waals surface area contributed by atoms with Crippen molar-refractivity contribution in [2.24, 2.45) is 0 Å². The Kier molecular flexibility index (Phi) is 10.8. The Morgan fingerprint density at radius 3 is 0.968 bits per heavy atom. The quantitative estimate of drug-likeness (QED) is 0.155. The molecule has 10 rings (SSSR count). The molecule has 0 radical (unpaired) electrons. The maximum Gasteiger partial charge on any atom is 0.0247 e. The van der Waals surface area contributed by atoms with Crippen LogP contribution in [0.4, 0.5) is 0 Å². The van der Waals surface area contributed by atoms with Crippen LogP contribution in [0.3, 0.4) is 0 Å². The molecular weight excluding hydrogens is 967 g/mol. The second-order valence-corrected chi connectivity index (χ2v) is 26.9. The summed E-state index contributed by atoms with van der Waals surface area (Å²) in [7, 11) is -0.700. The largest absolute Gasteiger partial charge is 0.0622 e. The molecule has 0 nitrogen and oxygen atoms in total. The Labute approximate surface area is 399 Å². The molecule has 4 aliphatic rings. The first-order valence-corrected chi connectivity index (χ1v) is 26.2. The normalized spacial score (nSPS) is 21.1. The van der Waals surface area contributed by atoms with Crippen molar-refractivity contribution < 1.29 is 0 Å². The molecule has 4 aliphatic carbocycles. The molecule has 0 aliphatic heterocycles. The molecule has 0 heterocycles. The van der Waals surface area contributed by atoms with Gasteiger partial charge >= 0.3 is 0 Å². The Balaban J connectivity index is 0.000000171. The highest BCUT2D eigenvalue weighted by molar-refractivity contribution is 9.11. The van der Waals surface area contributed by atoms with Gasteiger partial charge in [-0.1, -0.05) is 200 Å². The molecule has 0 N–H and O–H groups in total. The second kappa shape index (κ2) is 15.1. The van der Waals surface area contributed by atoms with E-state index in [-0.39, 0.29) is 32.5 Å². The number of aryl methyl sites for hydroxylation is 4. The standard InChI is InChI=1S/C35H36BrP.C23H26Br2/c1-23-17-27-31(29(36)19-23)35(21-33(27,3)4)22-34(5,6)28-18-24(2)20-30(32(28)35)37(25-13-9-7-10-14-25)26-15-11-8-12-16-26;1-13-7-15-19(17(24)9-13)23(11-21(15,3)4)12-22(5,6)16-8-14(2)10-18(25)20(16)23/h7-20H,21-22H2,1-6H3;7-10H,11-12H2,1-6H3. The molecular formula is C58H62Br3P. The Bertz CT molecular complexity index is 2660. The van der Waals surface area contributed by atoms with Crippen LogP contribution in [0, 0.1) is 27.7 Å². The van der Waals surface area contributed by atoms with Crippen LogP contribution in [-0.4, -0.2) is 0 Å². The van der Waals surface area contributed by atoms with Crippen LogP contribution in [0.25, 0.3) is 0 Å². The van der Waals surface area contributed by atoms with E-state index in [0.717, 1.165) is 12.8 Å². The Hall–Kier alpha value is -2.81. The van der Waals surface area contributed by atoms with E-state index in [0.29, 0.717) is 0 Å². The van der Waals surface area contributed by atoms with Gasteiger partial charge in [0.2, 0.25) is 0 Å². The summed E-state index contributed by atoms with van der Waals surface area (Å²) in [6, 6.07) is 41.7. The molecule has 1 atom stereocenters. The van der Waals surface area contributed by atoms with Crippen molar-refractivity contribution in [2.75, 3.05) is 0 Å². The topological polar surface area (TPSA) is 0 Å². The Morgan fingerprint density at radius 1 is 0.371 bits per heavy atom. The van der Waals surface area contributed by atoms with Gasteiger partial charge in [-0.3, -0.25) is 0 Å². The number of hydrogen-bond donors (Lipinski definition) is 0. The average molecular weight is 1030 g/mol. The van der Waals surface area contributed by atoms with Crippen LogP contribution in [-0.2, 0) is 32.5 Å². The maximum absolute atomic E-state index is 4.10. The van der Waals surface area contributed by atoms with Crippen molar-refractivity contribution in [1.82, 2.24) is 0 Å². The lowest BCUT2D eigenvalue weighted by Crippen LogP contribution is -2.33. The van der Waals surface area contributed by atoms with Gasteiger partial charge in [-0.05, 0) is 178 Å².